The molecule has 7 nitrogen and oxygen atoms in total. The summed E-state index contributed by atoms with van der Waals surface area (Å²) in [6.45, 7) is 2.61. The van der Waals surface area contributed by atoms with E-state index in [1.165, 1.54) is 12.1 Å². The van der Waals surface area contributed by atoms with Gasteiger partial charge in [-0.2, -0.15) is 0 Å². The fourth-order valence-corrected chi connectivity index (χ4v) is 2.42. The lowest BCUT2D eigenvalue weighted by atomic mass is 10.1. The molecule has 2 rings (SSSR count). The molecule has 0 aliphatic rings. The van der Waals surface area contributed by atoms with Gasteiger partial charge in [-0.3, -0.25) is 14.9 Å². The van der Waals surface area contributed by atoms with E-state index in [1.807, 2.05) is 19.1 Å². The third-order valence-corrected chi connectivity index (χ3v) is 3.80. The van der Waals surface area contributed by atoms with Crippen molar-refractivity contribution in [3.8, 4) is 0 Å². The van der Waals surface area contributed by atoms with E-state index in [1.54, 1.807) is 18.4 Å². The number of nitro benzene ring substituents is 1. The fraction of sp³-hybridized carbons (Fsp3) is 0.389. The second-order valence-corrected chi connectivity index (χ2v) is 5.92. The number of amides is 1. The lowest BCUT2D eigenvalue weighted by Gasteiger charge is -2.13. The Balaban J connectivity index is 1.59. The highest BCUT2D eigenvalue weighted by atomic mass is 16.6. The molecule has 0 aliphatic heterocycles. The van der Waals surface area contributed by atoms with Gasteiger partial charge in [0.1, 0.15) is 5.76 Å². The van der Waals surface area contributed by atoms with E-state index in [-0.39, 0.29) is 17.6 Å². The lowest BCUT2D eigenvalue weighted by molar-refractivity contribution is -0.384. The van der Waals surface area contributed by atoms with Crippen LogP contribution in [0.5, 0.6) is 0 Å². The van der Waals surface area contributed by atoms with E-state index in [0.29, 0.717) is 19.4 Å². The van der Waals surface area contributed by atoms with Gasteiger partial charge in [-0.25, -0.2) is 0 Å². The number of hydrogen-bond donors (Lipinski definition) is 2. The van der Waals surface area contributed by atoms with Crippen molar-refractivity contribution in [3.05, 3.63) is 58.5 Å². The van der Waals surface area contributed by atoms with Crippen LogP contribution in [0.2, 0.25) is 0 Å². The highest BCUT2D eigenvalue weighted by Gasteiger charge is 2.08. The monoisotopic (exact) mass is 345 g/mol. The predicted molar refractivity (Wildman–Crippen MR) is 95.5 cm³/mol. The first-order valence-corrected chi connectivity index (χ1v) is 8.34. The molecule has 1 heterocycles. The Hall–Kier alpha value is -2.83. The summed E-state index contributed by atoms with van der Waals surface area (Å²) in [4.78, 5) is 22.1. The molecule has 1 aromatic heterocycles. The van der Waals surface area contributed by atoms with Crippen molar-refractivity contribution in [2.45, 2.75) is 38.6 Å². The zero-order valence-electron chi connectivity index (χ0n) is 14.2. The summed E-state index contributed by atoms with van der Waals surface area (Å²) in [6, 6.07) is 10.1. The number of nitrogens with one attached hydrogen (secondary N) is 2. The van der Waals surface area contributed by atoms with Gasteiger partial charge in [0.25, 0.3) is 5.69 Å². The van der Waals surface area contributed by atoms with Crippen molar-refractivity contribution in [2.75, 3.05) is 11.9 Å². The number of nitrogens with zero attached hydrogens (tertiary/aromatic N) is 1. The number of rotatable bonds is 10. The average molecular weight is 345 g/mol. The van der Waals surface area contributed by atoms with Gasteiger partial charge >= 0.3 is 0 Å². The summed E-state index contributed by atoms with van der Waals surface area (Å²) in [7, 11) is 0. The molecule has 0 fully saturated rings. The van der Waals surface area contributed by atoms with Crippen LogP contribution in [0.1, 0.15) is 31.9 Å². The number of hydrogen-bond acceptors (Lipinski definition) is 5. The quantitative estimate of drug-likeness (QED) is 0.390. The molecular formula is C18H23N3O4. The Morgan fingerprint density at radius 3 is 2.68 bits per heavy atom. The number of carbonyl (C=O) groups is 1. The number of non-ortho nitro benzene ring substituents is 1. The van der Waals surface area contributed by atoms with E-state index in [4.69, 9.17) is 4.42 Å². The molecule has 0 bridgehead atoms. The molecule has 0 saturated heterocycles. The van der Waals surface area contributed by atoms with Gasteiger partial charge in [-0.1, -0.05) is 0 Å². The standard InChI is InChI=1S/C18H23N3O4/c1-14(6-11-17-4-3-13-25-17)20-18(22)5-2-12-19-15-7-9-16(10-8-15)21(23)24/h3-4,7-10,13-14,19H,2,5-6,11-12H2,1H3,(H,20,22)/t14-/m0/s1. The maximum absolute atomic E-state index is 11.9. The van der Waals surface area contributed by atoms with Crippen molar-refractivity contribution in [3.63, 3.8) is 0 Å². The average Bonchev–Trinajstić information content (AvgIpc) is 3.11. The summed E-state index contributed by atoms with van der Waals surface area (Å²) >= 11 is 0. The van der Waals surface area contributed by atoms with Crippen LogP contribution >= 0.6 is 0 Å². The van der Waals surface area contributed by atoms with E-state index in [0.717, 1.165) is 24.3 Å². The molecule has 0 radical (unpaired) electrons. The van der Waals surface area contributed by atoms with Gasteiger partial charge in [0, 0.05) is 43.2 Å². The van der Waals surface area contributed by atoms with Crippen molar-refractivity contribution in [1.29, 1.82) is 0 Å². The van der Waals surface area contributed by atoms with Gasteiger partial charge in [0.2, 0.25) is 5.91 Å². The van der Waals surface area contributed by atoms with Crippen LogP contribution in [0.3, 0.4) is 0 Å². The second-order valence-electron chi connectivity index (χ2n) is 5.92. The van der Waals surface area contributed by atoms with Gasteiger partial charge in [0.15, 0.2) is 0 Å². The molecule has 0 saturated carbocycles. The minimum atomic E-state index is -0.429. The Kier molecular flexibility index (Phi) is 7.00. The van der Waals surface area contributed by atoms with Crippen molar-refractivity contribution in [1.82, 2.24) is 5.32 Å². The summed E-state index contributed by atoms with van der Waals surface area (Å²) in [6.07, 6.45) is 4.41. The molecule has 1 amide bonds. The molecule has 0 aliphatic carbocycles. The zero-order chi connectivity index (χ0) is 18.1. The summed E-state index contributed by atoms with van der Waals surface area (Å²) < 4.78 is 5.27. The van der Waals surface area contributed by atoms with Crippen molar-refractivity contribution in [2.24, 2.45) is 0 Å². The van der Waals surface area contributed by atoms with E-state index < -0.39 is 4.92 Å². The molecular weight excluding hydrogens is 322 g/mol. The number of carbonyl (C=O) groups excluding carboxylic acids is 1. The van der Waals surface area contributed by atoms with Crippen LogP contribution in [0.15, 0.2) is 47.1 Å². The third-order valence-electron chi connectivity index (χ3n) is 3.80. The van der Waals surface area contributed by atoms with Gasteiger partial charge in [0.05, 0.1) is 11.2 Å². The molecule has 0 spiro atoms. The van der Waals surface area contributed by atoms with Crippen LogP contribution in [0.4, 0.5) is 11.4 Å². The summed E-state index contributed by atoms with van der Waals surface area (Å²) in [5.41, 5.74) is 0.867. The maximum Gasteiger partial charge on any atom is 0.269 e. The van der Waals surface area contributed by atoms with Crippen LogP contribution in [0.25, 0.3) is 0 Å². The van der Waals surface area contributed by atoms with E-state index in [9.17, 15) is 14.9 Å². The van der Waals surface area contributed by atoms with Crippen molar-refractivity contribution < 1.29 is 14.1 Å². The lowest BCUT2D eigenvalue weighted by Crippen LogP contribution is -2.32. The minimum absolute atomic E-state index is 0.0254. The van der Waals surface area contributed by atoms with Crippen LogP contribution < -0.4 is 10.6 Å². The normalized spacial score (nSPS) is 11.7. The predicted octanol–water partition coefficient (Wildman–Crippen LogP) is 3.52. The van der Waals surface area contributed by atoms with Crippen LogP contribution in [-0.4, -0.2) is 23.4 Å². The maximum atomic E-state index is 11.9. The molecule has 2 aromatic rings. The topological polar surface area (TPSA) is 97.4 Å². The van der Waals surface area contributed by atoms with Gasteiger partial charge in [-0.15, -0.1) is 0 Å². The molecule has 1 aromatic carbocycles. The Morgan fingerprint density at radius 1 is 1.28 bits per heavy atom. The highest BCUT2D eigenvalue weighted by Crippen LogP contribution is 2.15. The number of benzene rings is 1. The first-order chi connectivity index (χ1) is 12.0. The highest BCUT2D eigenvalue weighted by molar-refractivity contribution is 5.76. The molecule has 134 valence electrons. The molecule has 25 heavy (non-hydrogen) atoms. The smallest absolute Gasteiger partial charge is 0.269 e. The minimum Gasteiger partial charge on any atom is -0.469 e. The van der Waals surface area contributed by atoms with Gasteiger partial charge in [-0.05, 0) is 44.0 Å². The summed E-state index contributed by atoms with van der Waals surface area (Å²) in [5, 5.41) is 16.7. The Morgan fingerprint density at radius 2 is 2.04 bits per heavy atom. The van der Waals surface area contributed by atoms with E-state index >= 15 is 0 Å². The molecule has 1 atom stereocenters. The number of furan rings is 1. The van der Waals surface area contributed by atoms with Gasteiger partial charge < -0.3 is 15.1 Å². The first kappa shape index (κ1) is 18.5. The number of aryl methyl sites for hydroxylation is 1. The molecule has 2 N–H and O–H groups in total. The zero-order valence-corrected chi connectivity index (χ0v) is 14.2. The Labute approximate surface area is 146 Å². The largest absolute Gasteiger partial charge is 0.469 e. The molecule has 7 heteroatoms. The second kappa shape index (κ2) is 9.46. The van der Waals surface area contributed by atoms with Crippen molar-refractivity contribution >= 4 is 17.3 Å². The fourth-order valence-electron chi connectivity index (χ4n) is 2.42. The van der Waals surface area contributed by atoms with E-state index in [2.05, 4.69) is 10.6 Å². The Bertz CT molecular complexity index is 668. The van der Waals surface area contributed by atoms with Crippen LogP contribution in [-0.2, 0) is 11.2 Å². The summed E-state index contributed by atoms with van der Waals surface area (Å²) in [5.74, 6) is 0.950. The molecule has 0 unspecified atom stereocenters. The third kappa shape index (κ3) is 6.66. The first-order valence-electron chi connectivity index (χ1n) is 8.34. The number of nitro groups is 1. The SMILES string of the molecule is C[C@@H](CCc1ccco1)NC(=O)CCCNc1ccc([N+](=O)[O-])cc1. The van der Waals surface area contributed by atoms with Crippen LogP contribution in [0, 0.1) is 10.1 Å². The number of anilines is 1.